The van der Waals surface area contributed by atoms with Crippen molar-refractivity contribution in [2.45, 2.75) is 33.7 Å². The molecule has 0 amide bonds. The smallest absolute Gasteiger partial charge is 0.228 e. The van der Waals surface area contributed by atoms with Crippen molar-refractivity contribution in [3.63, 3.8) is 0 Å². The van der Waals surface area contributed by atoms with Crippen molar-refractivity contribution < 1.29 is 4.52 Å². The normalized spacial score (nSPS) is 10.6. The van der Waals surface area contributed by atoms with Crippen LogP contribution in [0.25, 0.3) is 0 Å². The molecule has 1 heterocycles. The van der Waals surface area contributed by atoms with E-state index < -0.39 is 0 Å². The predicted molar refractivity (Wildman–Crippen MR) is 44.7 cm³/mol. The van der Waals surface area contributed by atoms with Crippen LogP contribution in [0.3, 0.4) is 0 Å². The summed E-state index contributed by atoms with van der Waals surface area (Å²) in [4.78, 5) is 0. The van der Waals surface area contributed by atoms with Gasteiger partial charge in [-0.1, -0.05) is 5.16 Å². The number of rotatable bonds is 2. The van der Waals surface area contributed by atoms with E-state index in [0.29, 0.717) is 6.04 Å². The van der Waals surface area contributed by atoms with E-state index in [4.69, 9.17) is 4.52 Å². The summed E-state index contributed by atoms with van der Waals surface area (Å²) in [6.07, 6.45) is 0. The average molecular weight is 154 g/mol. The highest BCUT2D eigenvalue weighted by atomic mass is 16.5. The molecule has 0 fully saturated rings. The molecule has 0 saturated heterocycles. The highest BCUT2D eigenvalue weighted by molar-refractivity contribution is 5.42. The Bertz CT molecular complexity index is 240. The summed E-state index contributed by atoms with van der Waals surface area (Å²) in [5.74, 6) is 0.789. The van der Waals surface area contributed by atoms with Crippen LogP contribution in [0.5, 0.6) is 0 Å². The summed E-state index contributed by atoms with van der Waals surface area (Å²) in [6, 6.07) is 0.390. The molecule has 0 bridgehead atoms. The van der Waals surface area contributed by atoms with E-state index in [0.717, 1.165) is 17.1 Å². The second-order valence-corrected chi connectivity index (χ2v) is 3.02. The summed E-state index contributed by atoms with van der Waals surface area (Å²) in [7, 11) is 0. The maximum Gasteiger partial charge on any atom is 0.228 e. The highest BCUT2D eigenvalue weighted by Crippen LogP contribution is 2.17. The van der Waals surface area contributed by atoms with Gasteiger partial charge < -0.3 is 9.84 Å². The number of nitrogens with one attached hydrogen (secondary N) is 1. The molecule has 1 rings (SSSR count). The van der Waals surface area contributed by atoms with Gasteiger partial charge in [0, 0.05) is 11.6 Å². The van der Waals surface area contributed by atoms with Crippen LogP contribution in [0.4, 0.5) is 5.88 Å². The van der Waals surface area contributed by atoms with Crippen LogP contribution in [0.2, 0.25) is 0 Å². The number of aromatic nitrogens is 1. The van der Waals surface area contributed by atoms with E-state index in [9.17, 15) is 0 Å². The molecule has 1 N–H and O–H groups in total. The second kappa shape index (κ2) is 2.95. The molecule has 3 nitrogen and oxygen atoms in total. The quantitative estimate of drug-likeness (QED) is 0.709. The predicted octanol–water partition coefficient (Wildman–Crippen LogP) is 2.11. The Balaban J connectivity index is 2.79. The van der Waals surface area contributed by atoms with Gasteiger partial charge in [0.1, 0.15) is 0 Å². The third-order valence-corrected chi connectivity index (χ3v) is 1.58. The van der Waals surface area contributed by atoms with Crippen molar-refractivity contribution >= 4 is 5.88 Å². The molecule has 0 aliphatic carbocycles. The zero-order valence-corrected chi connectivity index (χ0v) is 7.43. The number of hydrogen-bond donors (Lipinski definition) is 1. The first kappa shape index (κ1) is 8.11. The van der Waals surface area contributed by atoms with Gasteiger partial charge in [0.15, 0.2) is 0 Å². The standard InChI is InChI=1S/C8H14N2O/c1-5(2)9-8-6(3)7(4)10-11-8/h5,9H,1-4H3. The lowest BCUT2D eigenvalue weighted by molar-refractivity contribution is 0.424. The van der Waals surface area contributed by atoms with E-state index in [1.165, 1.54) is 0 Å². The second-order valence-electron chi connectivity index (χ2n) is 3.02. The van der Waals surface area contributed by atoms with Crippen molar-refractivity contribution in [2.24, 2.45) is 0 Å². The first-order valence-electron chi connectivity index (χ1n) is 3.80. The van der Waals surface area contributed by atoms with E-state index in [1.807, 2.05) is 13.8 Å². The van der Waals surface area contributed by atoms with Crippen molar-refractivity contribution in [2.75, 3.05) is 5.32 Å². The Morgan fingerprint density at radius 3 is 2.36 bits per heavy atom. The van der Waals surface area contributed by atoms with Crippen molar-refractivity contribution in [3.05, 3.63) is 11.3 Å². The van der Waals surface area contributed by atoms with Gasteiger partial charge in [0.05, 0.1) is 5.69 Å². The molecule has 1 aromatic rings. The van der Waals surface area contributed by atoms with Gasteiger partial charge in [-0.3, -0.25) is 0 Å². The molecule has 0 saturated carbocycles. The van der Waals surface area contributed by atoms with Crippen molar-refractivity contribution in [1.29, 1.82) is 0 Å². The Hall–Kier alpha value is -0.990. The zero-order valence-electron chi connectivity index (χ0n) is 7.43. The molecule has 0 aliphatic heterocycles. The van der Waals surface area contributed by atoms with Crippen LogP contribution in [-0.2, 0) is 0 Å². The van der Waals surface area contributed by atoms with Crippen LogP contribution in [0.15, 0.2) is 4.52 Å². The van der Waals surface area contributed by atoms with Gasteiger partial charge in [0.25, 0.3) is 0 Å². The molecule has 0 aromatic carbocycles. The lowest BCUT2D eigenvalue weighted by Crippen LogP contribution is -2.09. The van der Waals surface area contributed by atoms with Crippen molar-refractivity contribution in [3.8, 4) is 0 Å². The SMILES string of the molecule is Cc1noc(NC(C)C)c1C. The van der Waals surface area contributed by atoms with Crippen LogP contribution < -0.4 is 5.32 Å². The fraction of sp³-hybridized carbons (Fsp3) is 0.625. The molecule has 11 heavy (non-hydrogen) atoms. The van der Waals surface area contributed by atoms with Crippen LogP contribution in [-0.4, -0.2) is 11.2 Å². The van der Waals surface area contributed by atoms with Crippen molar-refractivity contribution in [1.82, 2.24) is 5.16 Å². The minimum absolute atomic E-state index is 0.390. The third kappa shape index (κ3) is 1.73. The zero-order chi connectivity index (χ0) is 8.43. The Labute approximate surface area is 66.8 Å². The minimum Gasteiger partial charge on any atom is -0.352 e. The molecule has 1 aromatic heterocycles. The largest absolute Gasteiger partial charge is 0.352 e. The summed E-state index contributed by atoms with van der Waals surface area (Å²) < 4.78 is 5.04. The van der Waals surface area contributed by atoms with Crippen LogP contribution >= 0.6 is 0 Å². The number of anilines is 1. The average Bonchev–Trinajstić information content (AvgIpc) is 2.18. The maximum absolute atomic E-state index is 5.04. The summed E-state index contributed by atoms with van der Waals surface area (Å²) in [6.45, 7) is 8.06. The Morgan fingerprint density at radius 1 is 1.36 bits per heavy atom. The monoisotopic (exact) mass is 154 g/mol. The summed E-state index contributed by atoms with van der Waals surface area (Å²) in [5.41, 5.74) is 2.05. The van der Waals surface area contributed by atoms with Gasteiger partial charge in [-0.05, 0) is 27.7 Å². The van der Waals surface area contributed by atoms with Crippen LogP contribution in [0, 0.1) is 13.8 Å². The molecule has 0 aliphatic rings. The molecule has 62 valence electrons. The molecule has 0 spiro atoms. The fourth-order valence-electron chi connectivity index (χ4n) is 0.812. The number of hydrogen-bond acceptors (Lipinski definition) is 3. The Morgan fingerprint density at radius 2 is 2.00 bits per heavy atom. The maximum atomic E-state index is 5.04. The van der Waals surface area contributed by atoms with Gasteiger partial charge in [0.2, 0.25) is 5.88 Å². The first-order valence-corrected chi connectivity index (χ1v) is 3.80. The van der Waals surface area contributed by atoms with Gasteiger partial charge in [-0.25, -0.2) is 0 Å². The summed E-state index contributed by atoms with van der Waals surface area (Å²) >= 11 is 0. The lowest BCUT2D eigenvalue weighted by atomic mass is 10.2. The first-order chi connectivity index (χ1) is 5.11. The molecule has 3 heteroatoms. The topological polar surface area (TPSA) is 38.1 Å². The van der Waals surface area contributed by atoms with E-state index in [1.54, 1.807) is 0 Å². The molecular formula is C8H14N2O. The highest BCUT2D eigenvalue weighted by Gasteiger charge is 2.07. The summed E-state index contributed by atoms with van der Waals surface area (Å²) in [5, 5.41) is 7.00. The van der Waals surface area contributed by atoms with Crippen LogP contribution in [0.1, 0.15) is 25.1 Å². The van der Waals surface area contributed by atoms with Gasteiger partial charge in [-0.15, -0.1) is 0 Å². The van der Waals surface area contributed by atoms with E-state index in [-0.39, 0.29) is 0 Å². The molecular weight excluding hydrogens is 140 g/mol. The molecule has 0 unspecified atom stereocenters. The van der Waals surface area contributed by atoms with Gasteiger partial charge >= 0.3 is 0 Å². The Kier molecular flexibility index (Phi) is 2.17. The minimum atomic E-state index is 0.390. The number of aryl methyl sites for hydroxylation is 1. The third-order valence-electron chi connectivity index (χ3n) is 1.58. The van der Waals surface area contributed by atoms with E-state index in [2.05, 4.69) is 24.3 Å². The molecule has 0 atom stereocenters. The van der Waals surface area contributed by atoms with Gasteiger partial charge in [-0.2, -0.15) is 0 Å². The lowest BCUT2D eigenvalue weighted by Gasteiger charge is -2.05. The fourth-order valence-corrected chi connectivity index (χ4v) is 0.812. The molecule has 0 radical (unpaired) electrons. The number of nitrogens with zero attached hydrogens (tertiary/aromatic N) is 1. The van der Waals surface area contributed by atoms with E-state index >= 15 is 0 Å².